The van der Waals surface area contributed by atoms with Crippen molar-refractivity contribution in [3.05, 3.63) is 59.3 Å². The number of amides is 1. The van der Waals surface area contributed by atoms with Crippen LogP contribution in [0.5, 0.6) is 11.5 Å². The fraction of sp³-hybridized carbons (Fsp3) is 0.227. The SMILES string of the molecule is COc1ccc(OC)c(C2SCC(=O)Nc3c2c(C)nn3-c2nc3ccccc3s2)c1. The summed E-state index contributed by atoms with van der Waals surface area (Å²) < 4.78 is 13.9. The van der Waals surface area contributed by atoms with E-state index >= 15 is 0 Å². The average Bonchev–Trinajstić information content (AvgIpc) is 3.29. The van der Waals surface area contributed by atoms with Crippen LogP contribution in [0, 0.1) is 6.92 Å². The Kier molecular flexibility index (Phi) is 5.07. The van der Waals surface area contributed by atoms with Crippen molar-refractivity contribution in [1.82, 2.24) is 14.8 Å². The predicted molar refractivity (Wildman–Crippen MR) is 124 cm³/mol. The number of nitrogens with zero attached hydrogens (tertiary/aromatic N) is 3. The monoisotopic (exact) mass is 452 g/mol. The van der Waals surface area contributed by atoms with Gasteiger partial charge in [-0.05, 0) is 37.3 Å². The van der Waals surface area contributed by atoms with E-state index < -0.39 is 0 Å². The number of carbonyl (C=O) groups excluding carboxylic acids is 1. The van der Waals surface area contributed by atoms with Crippen molar-refractivity contribution in [2.45, 2.75) is 12.2 Å². The Morgan fingerprint density at radius 1 is 1.16 bits per heavy atom. The molecule has 0 radical (unpaired) electrons. The number of carbonyl (C=O) groups is 1. The number of fused-ring (bicyclic) bond motifs is 2. The normalized spacial score (nSPS) is 16.0. The summed E-state index contributed by atoms with van der Waals surface area (Å²) in [6, 6.07) is 13.7. The summed E-state index contributed by atoms with van der Waals surface area (Å²) in [4.78, 5) is 17.4. The molecule has 0 fully saturated rings. The third kappa shape index (κ3) is 3.43. The van der Waals surface area contributed by atoms with Crippen LogP contribution in [0.1, 0.15) is 22.1 Å². The van der Waals surface area contributed by atoms with Crippen LogP contribution in [-0.2, 0) is 4.79 Å². The highest BCUT2D eigenvalue weighted by Gasteiger charge is 2.33. The van der Waals surface area contributed by atoms with Crippen molar-refractivity contribution in [3.63, 3.8) is 0 Å². The smallest absolute Gasteiger partial charge is 0.235 e. The maximum absolute atomic E-state index is 12.6. The third-order valence-electron chi connectivity index (χ3n) is 5.19. The van der Waals surface area contributed by atoms with Crippen LogP contribution in [0.25, 0.3) is 15.3 Å². The van der Waals surface area contributed by atoms with Gasteiger partial charge in [-0.3, -0.25) is 4.79 Å². The Morgan fingerprint density at radius 2 is 2.00 bits per heavy atom. The van der Waals surface area contributed by atoms with Crippen molar-refractivity contribution in [2.24, 2.45) is 0 Å². The Morgan fingerprint density at radius 3 is 2.77 bits per heavy atom. The Hall–Kier alpha value is -3.04. The van der Waals surface area contributed by atoms with Crippen molar-refractivity contribution in [3.8, 4) is 16.6 Å². The lowest BCUT2D eigenvalue weighted by atomic mass is 10.0. The molecule has 7 nitrogen and oxygen atoms in total. The number of aryl methyl sites for hydroxylation is 1. The lowest BCUT2D eigenvalue weighted by Crippen LogP contribution is -2.15. The van der Waals surface area contributed by atoms with Crippen LogP contribution < -0.4 is 14.8 Å². The molecule has 31 heavy (non-hydrogen) atoms. The fourth-order valence-electron chi connectivity index (χ4n) is 3.76. The molecule has 0 saturated heterocycles. The molecule has 2 aromatic heterocycles. The van der Waals surface area contributed by atoms with Crippen molar-refractivity contribution in [1.29, 1.82) is 0 Å². The number of nitrogens with one attached hydrogen (secondary N) is 1. The van der Waals surface area contributed by atoms with Gasteiger partial charge in [-0.1, -0.05) is 23.5 Å². The first-order valence-electron chi connectivity index (χ1n) is 9.68. The molecule has 0 bridgehead atoms. The predicted octanol–water partition coefficient (Wildman–Crippen LogP) is 4.58. The van der Waals surface area contributed by atoms with Gasteiger partial charge < -0.3 is 14.8 Å². The zero-order valence-corrected chi connectivity index (χ0v) is 18.8. The van der Waals surface area contributed by atoms with Crippen LogP contribution in [0.4, 0.5) is 5.82 Å². The summed E-state index contributed by atoms with van der Waals surface area (Å²) in [5.41, 5.74) is 3.63. The van der Waals surface area contributed by atoms with Crippen LogP contribution in [0.3, 0.4) is 0 Å². The molecule has 3 heterocycles. The second kappa shape index (κ2) is 7.90. The molecule has 9 heteroatoms. The van der Waals surface area contributed by atoms with Gasteiger partial charge in [-0.2, -0.15) is 9.78 Å². The van der Waals surface area contributed by atoms with E-state index in [-0.39, 0.29) is 11.2 Å². The highest BCUT2D eigenvalue weighted by atomic mass is 32.2. The van der Waals surface area contributed by atoms with Gasteiger partial charge >= 0.3 is 0 Å². The summed E-state index contributed by atoms with van der Waals surface area (Å²) in [7, 11) is 3.28. The number of hydrogen-bond acceptors (Lipinski definition) is 7. The molecule has 0 aliphatic carbocycles. The molecule has 1 N–H and O–H groups in total. The molecule has 1 atom stereocenters. The molecule has 1 amide bonds. The van der Waals surface area contributed by atoms with Gasteiger partial charge in [0.05, 0.1) is 41.1 Å². The largest absolute Gasteiger partial charge is 0.497 e. The van der Waals surface area contributed by atoms with E-state index in [1.54, 1.807) is 42.0 Å². The zero-order valence-electron chi connectivity index (χ0n) is 17.2. The van der Waals surface area contributed by atoms with Gasteiger partial charge in [0.15, 0.2) is 0 Å². The van der Waals surface area contributed by atoms with Crippen molar-refractivity contribution < 1.29 is 14.3 Å². The number of ether oxygens (including phenoxy) is 2. The van der Waals surface area contributed by atoms with E-state index in [0.29, 0.717) is 16.7 Å². The van der Waals surface area contributed by atoms with Crippen LogP contribution in [-0.4, -0.2) is 40.6 Å². The molecule has 1 aliphatic rings. The first-order chi connectivity index (χ1) is 15.1. The van der Waals surface area contributed by atoms with Crippen molar-refractivity contribution in [2.75, 3.05) is 25.3 Å². The number of benzene rings is 2. The number of rotatable bonds is 4. The lowest BCUT2D eigenvalue weighted by molar-refractivity contribution is -0.113. The van der Waals surface area contributed by atoms with Gasteiger partial charge in [0.1, 0.15) is 17.3 Å². The summed E-state index contributed by atoms with van der Waals surface area (Å²) in [6.07, 6.45) is 0. The Labute approximate surface area is 187 Å². The van der Waals surface area contributed by atoms with Gasteiger partial charge in [-0.15, -0.1) is 11.8 Å². The summed E-state index contributed by atoms with van der Waals surface area (Å²) in [6.45, 7) is 1.96. The first-order valence-corrected chi connectivity index (χ1v) is 11.5. The fourth-order valence-corrected chi connectivity index (χ4v) is 5.89. The number of aromatic nitrogens is 3. The van der Waals surface area contributed by atoms with Gasteiger partial charge in [0, 0.05) is 11.1 Å². The standard InChI is InChI=1S/C22H20N4O3S2/c1-12-19-20(14-10-13(28-2)8-9-16(14)29-3)30-11-18(27)24-21(19)26(25-12)22-23-15-6-4-5-7-17(15)31-22/h4-10,20H,11H2,1-3H3,(H,24,27). The van der Waals surface area contributed by atoms with E-state index in [0.717, 1.165) is 38.5 Å². The summed E-state index contributed by atoms with van der Waals surface area (Å²) >= 11 is 3.09. The number of anilines is 1. The van der Waals surface area contributed by atoms with Crippen LogP contribution >= 0.6 is 23.1 Å². The van der Waals surface area contributed by atoms with E-state index in [9.17, 15) is 4.79 Å². The second-order valence-electron chi connectivity index (χ2n) is 7.07. The molecule has 158 valence electrons. The molecule has 2 aromatic carbocycles. The Bertz CT molecular complexity index is 1260. The molecule has 5 rings (SSSR count). The molecule has 0 saturated carbocycles. The minimum Gasteiger partial charge on any atom is -0.497 e. The minimum absolute atomic E-state index is 0.0714. The highest BCUT2D eigenvalue weighted by molar-refractivity contribution is 8.00. The van der Waals surface area contributed by atoms with Gasteiger partial charge in [-0.25, -0.2) is 4.98 Å². The molecule has 1 aliphatic heterocycles. The van der Waals surface area contributed by atoms with E-state index in [1.807, 2.05) is 49.4 Å². The topological polar surface area (TPSA) is 78.3 Å². The number of para-hydroxylation sites is 1. The van der Waals surface area contributed by atoms with E-state index in [4.69, 9.17) is 19.6 Å². The molecular formula is C22H20N4O3S2. The third-order valence-corrected chi connectivity index (χ3v) is 7.45. The van der Waals surface area contributed by atoms with E-state index in [2.05, 4.69) is 5.32 Å². The quantitative estimate of drug-likeness (QED) is 0.488. The number of methoxy groups -OCH3 is 2. The molecule has 4 aromatic rings. The van der Waals surface area contributed by atoms with E-state index in [1.165, 1.54) is 0 Å². The molecule has 1 unspecified atom stereocenters. The molecular weight excluding hydrogens is 432 g/mol. The van der Waals surface area contributed by atoms with Gasteiger partial charge in [0.2, 0.25) is 11.0 Å². The highest BCUT2D eigenvalue weighted by Crippen LogP contribution is 2.47. The number of thioether (sulfide) groups is 1. The van der Waals surface area contributed by atoms with Gasteiger partial charge in [0.25, 0.3) is 0 Å². The lowest BCUT2D eigenvalue weighted by Gasteiger charge is -2.19. The second-order valence-corrected chi connectivity index (χ2v) is 9.17. The number of thiazole rings is 1. The van der Waals surface area contributed by atoms with Crippen LogP contribution in [0.15, 0.2) is 42.5 Å². The van der Waals surface area contributed by atoms with Crippen LogP contribution in [0.2, 0.25) is 0 Å². The minimum atomic E-state index is -0.151. The average molecular weight is 453 g/mol. The maximum Gasteiger partial charge on any atom is 0.235 e. The molecule has 0 spiro atoms. The first kappa shape index (κ1) is 19.9. The maximum atomic E-state index is 12.6. The summed E-state index contributed by atoms with van der Waals surface area (Å²) in [5.74, 6) is 2.38. The Balaban J connectivity index is 1.70. The summed E-state index contributed by atoms with van der Waals surface area (Å²) in [5, 5.41) is 8.39. The van der Waals surface area contributed by atoms with Crippen molar-refractivity contribution >= 4 is 45.0 Å². The zero-order chi connectivity index (χ0) is 21.5. The number of hydrogen-bond donors (Lipinski definition) is 1.